The van der Waals surface area contributed by atoms with Gasteiger partial charge in [0.1, 0.15) is 0 Å². The summed E-state index contributed by atoms with van der Waals surface area (Å²) in [6.07, 6.45) is 1.28. The standard InChI is InChI=1S/C16H17NO4.C7H8O3S/c18-11-3-8-1-2-17-6-9-4-12-13(21-7-20-12)5-10(9)14(15(8)17)16(11)19;1-6-2-4-7(5-3-6)11(8,9)10/h3-5,11,14-16,18-19H,1-2,6-7H2;2-5H,1H3,(H,8,9,10)/t11-,14-,15+,16+;/m0./s1. The third-order valence-corrected chi connectivity index (χ3v) is 7.46. The summed E-state index contributed by atoms with van der Waals surface area (Å²) in [4.78, 5) is 2.33. The molecule has 0 radical (unpaired) electrons. The summed E-state index contributed by atoms with van der Waals surface area (Å²) in [7, 11) is -4.02. The quantitative estimate of drug-likeness (QED) is 0.438. The predicted molar refractivity (Wildman–Crippen MR) is 115 cm³/mol. The van der Waals surface area contributed by atoms with Crippen molar-refractivity contribution in [3.63, 3.8) is 0 Å². The molecule has 3 aliphatic heterocycles. The fraction of sp³-hybridized carbons (Fsp3) is 0.391. The van der Waals surface area contributed by atoms with Crippen molar-refractivity contribution in [2.45, 2.75) is 49.0 Å². The van der Waals surface area contributed by atoms with Crippen LogP contribution in [0.4, 0.5) is 0 Å². The Bertz CT molecular complexity index is 1180. The molecular formula is C23H25NO7S. The van der Waals surface area contributed by atoms with Gasteiger partial charge < -0.3 is 19.7 Å². The van der Waals surface area contributed by atoms with Gasteiger partial charge in [0.2, 0.25) is 6.79 Å². The van der Waals surface area contributed by atoms with E-state index in [-0.39, 0.29) is 23.6 Å². The highest BCUT2D eigenvalue weighted by atomic mass is 32.2. The first kappa shape index (κ1) is 21.4. The van der Waals surface area contributed by atoms with Crippen LogP contribution in [0, 0.1) is 6.92 Å². The lowest BCUT2D eigenvalue weighted by molar-refractivity contribution is -0.00157. The maximum atomic E-state index is 10.5. The maximum absolute atomic E-state index is 10.5. The number of aliphatic hydroxyl groups is 2. The van der Waals surface area contributed by atoms with Gasteiger partial charge >= 0.3 is 0 Å². The Morgan fingerprint density at radius 1 is 1.06 bits per heavy atom. The van der Waals surface area contributed by atoms with Gasteiger partial charge in [-0.05, 0) is 48.7 Å². The monoisotopic (exact) mass is 459 g/mol. The third kappa shape index (κ3) is 3.70. The minimum Gasteiger partial charge on any atom is -0.454 e. The average molecular weight is 460 g/mol. The highest BCUT2D eigenvalue weighted by molar-refractivity contribution is 7.85. The normalized spacial score (nSPS) is 27.7. The molecule has 1 aliphatic carbocycles. The second-order valence-corrected chi connectivity index (χ2v) is 10.0. The van der Waals surface area contributed by atoms with Gasteiger partial charge in [0.05, 0.1) is 17.1 Å². The van der Waals surface area contributed by atoms with Crippen molar-refractivity contribution in [3.05, 3.63) is 64.7 Å². The molecule has 0 amide bonds. The lowest BCUT2D eigenvalue weighted by Gasteiger charge is -2.44. The summed E-state index contributed by atoms with van der Waals surface area (Å²) in [5.74, 6) is 1.45. The van der Waals surface area contributed by atoms with E-state index in [2.05, 4.69) is 4.90 Å². The number of aryl methyl sites for hydroxylation is 1. The van der Waals surface area contributed by atoms with Gasteiger partial charge in [0, 0.05) is 25.0 Å². The van der Waals surface area contributed by atoms with Gasteiger partial charge in [0.25, 0.3) is 10.1 Å². The van der Waals surface area contributed by atoms with Crippen LogP contribution in [0.5, 0.6) is 11.5 Å². The Morgan fingerprint density at radius 3 is 2.44 bits per heavy atom. The number of hydrogen-bond donors (Lipinski definition) is 3. The van der Waals surface area contributed by atoms with Gasteiger partial charge in [-0.1, -0.05) is 29.3 Å². The summed E-state index contributed by atoms with van der Waals surface area (Å²) in [6, 6.07) is 10.2. The zero-order valence-corrected chi connectivity index (χ0v) is 18.3. The van der Waals surface area contributed by atoms with E-state index in [0.29, 0.717) is 0 Å². The second kappa shape index (κ2) is 7.86. The molecule has 2 aromatic carbocycles. The van der Waals surface area contributed by atoms with E-state index in [9.17, 15) is 18.6 Å². The number of aliphatic hydroxyl groups excluding tert-OH is 2. The van der Waals surface area contributed by atoms with Gasteiger partial charge in [-0.3, -0.25) is 9.45 Å². The molecule has 8 nitrogen and oxygen atoms in total. The van der Waals surface area contributed by atoms with Crippen LogP contribution >= 0.6 is 0 Å². The van der Waals surface area contributed by atoms with Gasteiger partial charge in [0.15, 0.2) is 11.5 Å². The molecule has 9 heteroatoms. The number of ether oxygens (including phenoxy) is 2. The summed E-state index contributed by atoms with van der Waals surface area (Å²) in [6.45, 7) is 3.95. The van der Waals surface area contributed by atoms with Crippen LogP contribution in [0.3, 0.4) is 0 Å². The van der Waals surface area contributed by atoms with Crippen LogP contribution in [0.2, 0.25) is 0 Å². The molecule has 0 saturated carbocycles. The molecule has 4 atom stereocenters. The molecule has 6 rings (SSSR count). The topological polar surface area (TPSA) is 117 Å². The highest BCUT2D eigenvalue weighted by Gasteiger charge is 2.48. The number of benzene rings is 2. The van der Waals surface area contributed by atoms with Crippen LogP contribution in [-0.4, -0.2) is 59.7 Å². The van der Waals surface area contributed by atoms with Crippen molar-refractivity contribution < 1.29 is 32.7 Å². The van der Waals surface area contributed by atoms with Crippen LogP contribution in [0.25, 0.3) is 0 Å². The zero-order valence-electron chi connectivity index (χ0n) is 17.5. The first-order chi connectivity index (χ1) is 15.2. The Morgan fingerprint density at radius 2 is 1.75 bits per heavy atom. The molecule has 32 heavy (non-hydrogen) atoms. The van der Waals surface area contributed by atoms with Crippen LogP contribution in [0.15, 0.2) is 52.9 Å². The van der Waals surface area contributed by atoms with Crippen molar-refractivity contribution in [2.24, 2.45) is 0 Å². The molecule has 170 valence electrons. The molecular weight excluding hydrogens is 434 g/mol. The second-order valence-electron chi connectivity index (χ2n) is 8.61. The van der Waals surface area contributed by atoms with Crippen LogP contribution in [-0.2, 0) is 16.7 Å². The maximum Gasteiger partial charge on any atom is 0.294 e. The van der Waals surface area contributed by atoms with Crippen LogP contribution in [0.1, 0.15) is 29.0 Å². The van der Waals surface area contributed by atoms with E-state index in [1.54, 1.807) is 12.1 Å². The summed E-state index contributed by atoms with van der Waals surface area (Å²) < 4.78 is 40.5. The average Bonchev–Trinajstić information content (AvgIpc) is 3.36. The molecule has 0 bridgehead atoms. The van der Waals surface area contributed by atoms with E-state index >= 15 is 0 Å². The van der Waals surface area contributed by atoms with Crippen molar-refractivity contribution in [1.29, 1.82) is 0 Å². The zero-order chi connectivity index (χ0) is 22.6. The number of nitrogens with zero attached hydrogens (tertiary/aromatic N) is 1. The van der Waals surface area contributed by atoms with E-state index < -0.39 is 22.3 Å². The first-order valence-electron chi connectivity index (χ1n) is 10.5. The van der Waals surface area contributed by atoms with Crippen molar-refractivity contribution in [2.75, 3.05) is 13.3 Å². The number of hydrogen-bond acceptors (Lipinski definition) is 7. The Kier molecular flexibility index (Phi) is 5.26. The molecule has 0 aromatic heterocycles. The minimum atomic E-state index is -4.02. The van der Waals surface area contributed by atoms with Crippen molar-refractivity contribution in [3.8, 4) is 11.5 Å². The summed E-state index contributed by atoms with van der Waals surface area (Å²) in [5, 5.41) is 20.7. The molecule has 4 aliphatic rings. The van der Waals surface area contributed by atoms with E-state index in [1.807, 2.05) is 25.1 Å². The fourth-order valence-electron chi connectivity index (χ4n) is 5.06. The number of fused-ring (bicyclic) bond motifs is 3. The molecule has 0 unspecified atom stereocenters. The third-order valence-electron chi connectivity index (χ3n) is 6.59. The summed E-state index contributed by atoms with van der Waals surface area (Å²) >= 11 is 0. The van der Waals surface area contributed by atoms with E-state index in [1.165, 1.54) is 23.3 Å². The molecule has 0 spiro atoms. The summed E-state index contributed by atoms with van der Waals surface area (Å²) in [5.41, 5.74) is 4.49. The SMILES string of the molecule is Cc1ccc(S(=O)(=O)O)cc1.O[C@H]1[C@H]2c3cc4c(cc3CN3CCC(=C[C@@H]1O)[C@H]23)OCO4. The molecule has 2 aromatic rings. The van der Waals surface area contributed by atoms with Crippen molar-refractivity contribution in [1.82, 2.24) is 4.90 Å². The smallest absolute Gasteiger partial charge is 0.294 e. The Balaban J connectivity index is 0.000000168. The predicted octanol–water partition coefficient (Wildman–Crippen LogP) is 1.99. The highest BCUT2D eigenvalue weighted by Crippen LogP contribution is 2.49. The largest absolute Gasteiger partial charge is 0.454 e. The first-order valence-corrected chi connectivity index (χ1v) is 11.9. The van der Waals surface area contributed by atoms with Crippen LogP contribution < -0.4 is 9.47 Å². The van der Waals surface area contributed by atoms with E-state index in [4.69, 9.17) is 14.0 Å². The molecule has 1 saturated heterocycles. The van der Waals surface area contributed by atoms with E-state index in [0.717, 1.165) is 42.1 Å². The lowest BCUT2D eigenvalue weighted by atomic mass is 9.73. The number of rotatable bonds is 1. The lowest BCUT2D eigenvalue weighted by Crippen LogP contribution is -2.49. The molecule has 3 N–H and O–H groups in total. The molecule has 3 heterocycles. The van der Waals surface area contributed by atoms with Gasteiger partial charge in [-0.25, -0.2) is 0 Å². The molecule has 1 fully saturated rings. The Labute approximate surface area is 186 Å². The van der Waals surface area contributed by atoms with Gasteiger partial charge in [-0.2, -0.15) is 8.42 Å². The Hall–Kier alpha value is -2.43. The fourth-order valence-corrected chi connectivity index (χ4v) is 5.54. The van der Waals surface area contributed by atoms with Crippen molar-refractivity contribution >= 4 is 10.1 Å². The minimum absolute atomic E-state index is 0.0666. The van der Waals surface area contributed by atoms with Gasteiger partial charge in [-0.15, -0.1) is 0 Å².